The summed E-state index contributed by atoms with van der Waals surface area (Å²) in [7, 11) is 3.72. The molecule has 8 aromatic rings. The molecule has 1 saturated heterocycles. The monoisotopic (exact) mass is 840 g/mol. The fraction of sp³-hybridized carbons (Fsp3) is 0.239. The summed E-state index contributed by atoms with van der Waals surface area (Å²) in [6, 6.07) is 23.8. The minimum atomic E-state index is -1.13. The van der Waals surface area contributed by atoms with E-state index in [2.05, 4.69) is 37.2 Å². The molecule has 1 aliphatic rings. The zero-order valence-electron chi connectivity index (χ0n) is 33.5. The van der Waals surface area contributed by atoms with Crippen LogP contribution in [0.4, 0.5) is 10.2 Å². The van der Waals surface area contributed by atoms with Gasteiger partial charge in [0.05, 0.1) is 23.4 Å². The smallest absolute Gasteiger partial charge is 0.326 e. The first-order chi connectivity index (χ1) is 29.7. The fourth-order valence-electron chi connectivity index (χ4n) is 8.03. The highest BCUT2D eigenvalue weighted by molar-refractivity contribution is 6.43. The number of nitrogens with zero attached hydrogens (tertiary/aromatic N) is 7. The van der Waals surface area contributed by atoms with Crippen LogP contribution in [0.25, 0.3) is 49.2 Å². The van der Waals surface area contributed by atoms with Gasteiger partial charge < -0.3 is 29.5 Å². The summed E-state index contributed by atoms with van der Waals surface area (Å²) in [6.45, 7) is 5.25. The lowest BCUT2D eigenvalue weighted by Gasteiger charge is -2.32. The molecule has 1 atom stereocenters. The molecule has 0 saturated carbocycles. The first-order valence-electron chi connectivity index (χ1n) is 19.9. The molecule has 0 unspecified atom stereocenters. The van der Waals surface area contributed by atoms with Crippen molar-refractivity contribution in [2.24, 2.45) is 0 Å². The number of carboxylic acid groups (broad SMARTS) is 1. The van der Waals surface area contributed by atoms with E-state index in [9.17, 15) is 14.3 Å². The summed E-state index contributed by atoms with van der Waals surface area (Å²) in [4.78, 5) is 31.4. The second kappa shape index (κ2) is 17.2. The van der Waals surface area contributed by atoms with Crippen LogP contribution in [0.2, 0.25) is 5.02 Å². The number of carbonyl (C=O) groups is 1. The fourth-order valence-corrected chi connectivity index (χ4v) is 8.36. The number of carboxylic acids is 1. The Morgan fingerprint density at radius 2 is 1.67 bits per heavy atom. The van der Waals surface area contributed by atoms with Crippen molar-refractivity contribution in [1.29, 1.82) is 0 Å². The molecule has 0 amide bonds. The van der Waals surface area contributed by atoms with Crippen molar-refractivity contribution < 1.29 is 28.5 Å². The Kier molecular flexibility index (Phi) is 11.2. The third-order valence-corrected chi connectivity index (χ3v) is 11.6. The predicted octanol–water partition coefficient (Wildman–Crippen LogP) is 7.76. The number of likely N-dealkylation sites (N-methyl/N-ethyl adjacent to an activating group) is 1. The number of para-hydroxylation sites is 2. The van der Waals surface area contributed by atoms with Gasteiger partial charge in [0.2, 0.25) is 0 Å². The molecule has 0 aliphatic carbocycles. The Balaban J connectivity index is 1.03. The van der Waals surface area contributed by atoms with Crippen LogP contribution in [0.5, 0.6) is 17.2 Å². The van der Waals surface area contributed by atoms with Gasteiger partial charge in [-0.25, -0.2) is 28.7 Å². The Morgan fingerprint density at radius 3 is 2.49 bits per heavy atom. The average Bonchev–Trinajstić information content (AvgIpc) is 3.68. The molecule has 1 fully saturated rings. The molecule has 15 heteroatoms. The number of piperazine rings is 1. The number of anilines is 1. The van der Waals surface area contributed by atoms with Gasteiger partial charge >= 0.3 is 5.97 Å². The normalized spacial score (nSPS) is 14.2. The highest BCUT2D eigenvalue weighted by atomic mass is 35.5. The molecular weight excluding hydrogens is 799 g/mol. The Hall–Kier alpha value is -6.61. The SMILES string of the molecule is COc1ccccc1-c1nccc(COc2ccccc2C[C@@H](Nc2ncnn3cc4c5ccc(F)cc5c5c(Cl)c(OCCN6CCN(C)CC6)ccc5c4c23)C(=O)O)n1. The van der Waals surface area contributed by atoms with Gasteiger partial charge in [-0.3, -0.25) is 4.90 Å². The molecule has 310 valence electrons. The number of hydrogen-bond acceptors (Lipinski definition) is 11. The largest absolute Gasteiger partial charge is 0.496 e. The zero-order chi connectivity index (χ0) is 42.0. The lowest BCUT2D eigenvalue weighted by molar-refractivity contribution is -0.137. The summed E-state index contributed by atoms with van der Waals surface area (Å²) >= 11 is 7.19. The van der Waals surface area contributed by atoms with Crippen molar-refractivity contribution >= 4 is 61.2 Å². The van der Waals surface area contributed by atoms with E-state index in [1.165, 1.54) is 18.5 Å². The number of aliphatic carboxylic acids is 1. The van der Waals surface area contributed by atoms with E-state index in [1.807, 2.05) is 60.8 Å². The summed E-state index contributed by atoms with van der Waals surface area (Å²) < 4.78 is 34.7. The van der Waals surface area contributed by atoms with Crippen molar-refractivity contribution in [2.75, 3.05) is 58.8 Å². The van der Waals surface area contributed by atoms with Crippen LogP contribution < -0.4 is 19.5 Å². The van der Waals surface area contributed by atoms with Crippen LogP contribution in [0.15, 0.2) is 104 Å². The van der Waals surface area contributed by atoms with Crippen molar-refractivity contribution in [2.45, 2.75) is 19.1 Å². The van der Waals surface area contributed by atoms with Gasteiger partial charge in [-0.05, 0) is 77.3 Å². The highest BCUT2D eigenvalue weighted by Gasteiger charge is 2.25. The maximum Gasteiger partial charge on any atom is 0.326 e. The van der Waals surface area contributed by atoms with Crippen LogP contribution >= 0.6 is 11.6 Å². The van der Waals surface area contributed by atoms with E-state index in [0.717, 1.165) is 54.4 Å². The van der Waals surface area contributed by atoms with Crippen molar-refractivity contribution in [3.63, 3.8) is 0 Å². The van der Waals surface area contributed by atoms with E-state index >= 15 is 0 Å². The lowest BCUT2D eigenvalue weighted by Crippen LogP contribution is -2.45. The third-order valence-electron chi connectivity index (χ3n) is 11.2. The summed E-state index contributed by atoms with van der Waals surface area (Å²) in [5.74, 6) is 0.958. The first kappa shape index (κ1) is 39.8. The van der Waals surface area contributed by atoms with E-state index in [1.54, 1.807) is 36.0 Å². The van der Waals surface area contributed by atoms with E-state index < -0.39 is 17.8 Å². The number of rotatable bonds is 14. The van der Waals surface area contributed by atoms with Gasteiger partial charge in [0.25, 0.3) is 0 Å². The van der Waals surface area contributed by atoms with Gasteiger partial charge in [0, 0.05) is 67.7 Å². The molecule has 1 aliphatic heterocycles. The van der Waals surface area contributed by atoms with Crippen LogP contribution in [-0.4, -0.2) is 105 Å². The molecule has 2 N–H and O–H groups in total. The Bertz CT molecular complexity index is 2920. The summed E-state index contributed by atoms with van der Waals surface area (Å²) in [6.07, 6.45) is 4.94. The first-order valence-corrected chi connectivity index (χ1v) is 20.3. The number of aromatic nitrogens is 5. The van der Waals surface area contributed by atoms with Crippen molar-refractivity contribution in [3.05, 3.63) is 126 Å². The van der Waals surface area contributed by atoms with Crippen LogP contribution in [0, 0.1) is 5.82 Å². The van der Waals surface area contributed by atoms with Crippen LogP contribution in [-0.2, 0) is 17.8 Å². The second-order valence-corrected chi connectivity index (χ2v) is 15.4. The number of nitrogens with one attached hydrogen (secondary N) is 1. The number of halogens is 2. The Morgan fingerprint density at radius 1 is 0.885 bits per heavy atom. The molecule has 61 heavy (non-hydrogen) atoms. The maximum atomic E-state index is 15.0. The summed E-state index contributed by atoms with van der Waals surface area (Å²) in [5, 5.41) is 22.9. The number of benzene rings is 5. The number of hydrogen-bond donors (Lipinski definition) is 2. The topological polar surface area (TPSA) is 139 Å². The molecule has 5 aromatic carbocycles. The minimum absolute atomic E-state index is 0.0557. The number of methoxy groups -OCH3 is 1. The molecule has 4 heterocycles. The predicted molar refractivity (Wildman–Crippen MR) is 233 cm³/mol. The van der Waals surface area contributed by atoms with E-state index in [-0.39, 0.29) is 13.0 Å². The van der Waals surface area contributed by atoms with Crippen molar-refractivity contribution in [3.8, 4) is 28.6 Å². The molecule has 13 nitrogen and oxygen atoms in total. The van der Waals surface area contributed by atoms with E-state index in [0.29, 0.717) is 73.5 Å². The second-order valence-electron chi connectivity index (χ2n) is 15.0. The third kappa shape index (κ3) is 8.04. The van der Waals surface area contributed by atoms with Gasteiger partial charge in [-0.1, -0.05) is 48.0 Å². The lowest BCUT2D eigenvalue weighted by atomic mass is 9.95. The molecule has 0 spiro atoms. The average molecular weight is 841 g/mol. The van der Waals surface area contributed by atoms with Crippen molar-refractivity contribution in [1.82, 2.24) is 34.4 Å². The van der Waals surface area contributed by atoms with E-state index in [4.69, 9.17) is 30.8 Å². The standard InChI is InChI=1S/C46H42ClFN8O5/c1-54-17-19-55(20-18-54)21-22-60-39-14-13-33-40(42(39)47)34-24-29(48)11-12-31(34)35-25-56-43(41(33)35)45(50-27-51-56)53-36(46(57)58)23-28-7-3-5-9-37(28)61-26-30-15-16-49-44(52-30)32-8-4-6-10-38(32)59-2/h3-16,24-25,27,36H,17-23,26H2,1-2H3,(H,57,58)(H,50,51,53)/t36-/m1/s1. The van der Waals surface area contributed by atoms with Gasteiger partial charge in [0.15, 0.2) is 11.6 Å². The molecule has 9 rings (SSSR count). The molecular formula is C46H42ClFN8O5. The van der Waals surface area contributed by atoms with Gasteiger partial charge in [-0.15, -0.1) is 0 Å². The van der Waals surface area contributed by atoms with Gasteiger partial charge in [-0.2, -0.15) is 5.10 Å². The number of fused-ring (bicyclic) bond motifs is 8. The van der Waals surface area contributed by atoms with Crippen LogP contribution in [0.3, 0.4) is 0 Å². The highest BCUT2D eigenvalue weighted by Crippen LogP contribution is 2.45. The molecule has 3 aromatic heterocycles. The van der Waals surface area contributed by atoms with Gasteiger partial charge in [0.1, 0.15) is 54.2 Å². The summed E-state index contributed by atoms with van der Waals surface area (Å²) in [5.41, 5.74) is 2.59. The minimum Gasteiger partial charge on any atom is -0.496 e. The zero-order valence-corrected chi connectivity index (χ0v) is 34.3. The van der Waals surface area contributed by atoms with Crippen LogP contribution in [0.1, 0.15) is 11.3 Å². The molecule has 0 radical (unpaired) electrons. The molecule has 0 bridgehead atoms. The number of ether oxygens (including phenoxy) is 3. The Labute approximate surface area is 355 Å². The quantitative estimate of drug-likeness (QED) is 0.104. The maximum absolute atomic E-state index is 15.0.